The molecule has 6 nitrogen and oxygen atoms in total. The maximum atomic E-state index is 12.8. The molecular formula is C19H26N4O2. The largest absolute Gasteiger partial charge is 0.352 e. The lowest BCUT2D eigenvalue weighted by Gasteiger charge is -2.20. The van der Waals surface area contributed by atoms with Gasteiger partial charge in [-0.2, -0.15) is 0 Å². The molecule has 0 spiro atoms. The van der Waals surface area contributed by atoms with Crippen LogP contribution in [0.1, 0.15) is 60.3 Å². The van der Waals surface area contributed by atoms with Crippen molar-refractivity contribution in [1.29, 1.82) is 0 Å². The van der Waals surface area contributed by atoms with E-state index in [1.807, 2.05) is 13.0 Å². The van der Waals surface area contributed by atoms with Crippen LogP contribution in [-0.4, -0.2) is 47.1 Å². The molecule has 134 valence electrons. The highest BCUT2D eigenvalue weighted by molar-refractivity contribution is 6.06. The third kappa shape index (κ3) is 3.54. The van der Waals surface area contributed by atoms with Crippen LogP contribution in [0.3, 0.4) is 0 Å². The Morgan fingerprint density at radius 3 is 2.88 bits per heavy atom. The van der Waals surface area contributed by atoms with E-state index in [1.54, 1.807) is 0 Å². The molecule has 0 aromatic carbocycles. The van der Waals surface area contributed by atoms with Crippen molar-refractivity contribution < 1.29 is 9.32 Å². The molecule has 1 amide bonds. The fraction of sp³-hybridized carbons (Fsp3) is 0.632. The minimum atomic E-state index is -0.0473. The van der Waals surface area contributed by atoms with Crippen LogP contribution in [0.25, 0.3) is 11.1 Å². The predicted molar refractivity (Wildman–Crippen MR) is 95.7 cm³/mol. The smallest absolute Gasteiger partial charge is 0.259 e. The Hall–Kier alpha value is -1.95. The fourth-order valence-electron chi connectivity index (χ4n) is 3.71. The van der Waals surface area contributed by atoms with E-state index >= 15 is 0 Å². The minimum Gasteiger partial charge on any atom is -0.352 e. The van der Waals surface area contributed by atoms with Crippen molar-refractivity contribution in [1.82, 2.24) is 20.4 Å². The van der Waals surface area contributed by atoms with Crippen LogP contribution in [0.4, 0.5) is 0 Å². The maximum Gasteiger partial charge on any atom is 0.259 e. The van der Waals surface area contributed by atoms with Gasteiger partial charge in [-0.25, -0.2) is 4.98 Å². The first-order chi connectivity index (χ1) is 12.1. The molecule has 25 heavy (non-hydrogen) atoms. The zero-order valence-electron chi connectivity index (χ0n) is 15.0. The number of aromatic nitrogens is 2. The van der Waals surface area contributed by atoms with Gasteiger partial charge in [-0.3, -0.25) is 4.79 Å². The van der Waals surface area contributed by atoms with Crippen LogP contribution in [-0.2, 0) is 0 Å². The third-order valence-electron chi connectivity index (χ3n) is 5.26. The van der Waals surface area contributed by atoms with Crippen LogP contribution in [0.15, 0.2) is 10.6 Å². The Morgan fingerprint density at radius 2 is 2.16 bits per heavy atom. The summed E-state index contributed by atoms with van der Waals surface area (Å²) < 4.78 is 5.32. The first-order valence-electron chi connectivity index (χ1n) is 9.39. The number of likely N-dealkylation sites (tertiary alicyclic amines) is 1. The van der Waals surface area contributed by atoms with Crippen molar-refractivity contribution in [2.45, 2.75) is 45.4 Å². The van der Waals surface area contributed by atoms with E-state index in [-0.39, 0.29) is 5.91 Å². The molecule has 4 rings (SSSR count). The average Bonchev–Trinajstić information content (AvgIpc) is 3.22. The van der Waals surface area contributed by atoms with Crippen molar-refractivity contribution in [2.24, 2.45) is 5.92 Å². The Morgan fingerprint density at radius 1 is 1.40 bits per heavy atom. The number of carbonyl (C=O) groups excluding carboxylic acids is 1. The Bertz CT molecular complexity index is 775. The summed E-state index contributed by atoms with van der Waals surface area (Å²) in [7, 11) is 0. The lowest BCUT2D eigenvalue weighted by Crippen LogP contribution is -2.34. The van der Waals surface area contributed by atoms with E-state index in [9.17, 15) is 4.79 Å². The standard InChI is InChI=1S/C19H26N4O2/c1-12(11-23-7-3-4-8-23)10-20-18(24)15-9-16(14-5-6-14)21-19-17(15)13(2)22-25-19/h9,12,14H,3-8,10-11H2,1-2H3,(H,20,24). The zero-order chi connectivity index (χ0) is 17.4. The van der Waals surface area contributed by atoms with Gasteiger partial charge >= 0.3 is 0 Å². The van der Waals surface area contributed by atoms with Gasteiger partial charge in [-0.15, -0.1) is 0 Å². The molecule has 1 N–H and O–H groups in total. The maximum absolute atomic E-state index is 12.8. The number of pyridine rings is 1. The SMILES string of the molecule is Cc1noc2nc(C3CC3)cc(C(=O)NCC(C)CN3CCCC3)c12. The number of hydrogen-bond donors (Lipinski definition) is 1. The monoisotopic (exact) mass is 342 g/mol. The van der Waals surface area contributed by atoms with Crippen LogP contribution >= 0.6 is 0 Å². The van der Waals surface area contributed by atoms with Gasteiger partial charge in [-0.1, -0.05) is 12.1 Å². The number of nitrogens with one attached hydrogen (secondary N) is 1. The summed E-state index contributed by atoms with van der Waals surface area (Å²) in [6.45, 7) is 8.16. The second-order valence-corrected chi connectivity index (χ2v) is 7.64. The summed E-state index contributed by atoms with van der Waals surface area (Å²) in [5, 5.41) is 7.85. The Balaban J connectivity index is 1.48. The minimum absolute atomic E-state index is 0.0473. The number of carbonyl (C=O) groups is 1. The summed E-state index contributed by atoms with van der Waals surface area (Å²) in [5.41, 5.74) is 2.82. The number of hydrogen-bond acceptors (Lipinski definition) is 5. The van der Waals surface area contributed by atoms with E-state index in [1.165, 1.54) is 25.9 Å². The number of aryl methyl sites for hydroxylation is 1. The summed E-state index contributed by atoms with van der Waals surface area (Å²) in [5.74, 6) is 0.857. The molecule has 2 aromatic rings. The van der Waals surface area contributed by atoms with E-state index < -0.39 is 0 Å². The van der Waals surface area contributed by atoms with E-state index in [4.69, 9.17) is 4.52 Å². The normalized spacial score (nSPS) is 19.4. The molecule has 0 bridgehead atoms. The molecule has 1 aliphatic carbocycles. The summed E-state index contributed by atoms with van der Waals surface area (Å²) in [4.78, 5) is 19.9. The molecule has 1 aliphatic heterocycles. The van der Waals surface area contributed by atoms with Crippen LogP contribution in [0.5, 0.6) is 0 Å². The molecule has 6 heteroatoms. The van der Waals surface area contributed by atoms with E-state index in [2.05, 4.69) is 27.3 Å². The molecule has 0 radical (unpaired) electrons. The average molecular weight is 342 g/mol. The van der Waals surface area contributed by atoms with E-state index in [0.29, 0.717) is 29.7 Å². The van der Waals surface area contributed by atoms with Crippen molar-refractivity contribution in [2.75, 3.05) is 26.2 Å². The lowest BCUT2D eigenvalue weighted by molar-refractivity contribution is 0.0946. The second-order valence-electron chi connectivity index (χ2n) is 7.64. The predicted octanol–water partition coefficient (Wildman–Crippen LogP) is 2.87. The molecule has 2 aliphatic rings. The van der Waals surface area contributed by atoms with Crippen molar-refractivity contribution >= 4 is 17.0 Å². The quantitative estimate of drug-likeness (QED) is 0.874. The van der Waals surface area contributed by atoms with Crippen LogP contribution in [0, 0.1) is 12.8 Å². The Kier molecular flexibility index (Phi) is 4.46. The summed E-state index contributed by atoms with van der Waals surface area (Å²) in [6.07, 6.45) is 4.87. The topological polar surface area (TPSA) is 71.3 Å². The second kappa shape index (κ2) is 6.75. The van der Waals surface area contributed by atoms with Gasteiger partial charge in [0.15, 0.2) is 0 Å². The highest BCUT2D eigenvalue weighted by Crippen LogP contribution is 2.40. The molecule has 2 aromatic heterocycles. The van der Waals surface area contributed by atoms with Crippen molar-refractivity contribution in [3.05, 3.63) is 23.0 Å². The summed E-state index contributed by atoms with van der Waals surface area (Å²) >= 11 is 0. The first kappa shape index (κ1) is 16.5. The third-order valence-corrected chi connectivity index (χ3v) is 5.26. The Labute approximate surface area is 148 Å². The van der Waals surface area contributed by atoms with Gasteiger partial charge < -0.3 is 14.7 Å². The number of rotatable bonds is 6. The molecule has 1 saturated heterocycles. The highest BCUT2D eigenvalue weighted by atomic mass is 16.5. The van der Waals surface area contributed by atoms with Gasteiger partial charge in [0.2, 0.25) is 0 Å². The molecule has 3 heterocycles. The first-order valence-corrected chi connectivity index (χ1v) is 9.39. The van der Waals surface area contributed by atoms with Crippen molar-refractivity contribution in [3.63, 3.8) is 0 Å². The molecule has 1 unspecified atom stereocenters. The van der Waals surface area contributed by atoms with Gasteiger partial charge in [0.05, 0.1) is 16.6 Å². The number of fused-ring (bicyclic) bond motifs is 1. The number of amides is 1. The fourth-order valence-corrected chi connectivity index (χ4v) is 3.71. The van der Waals surface area contributed by atoms with Gasteiger partial charge in [0, 0.05) is 24.7 Å². The molecule has 1 atom stereocenters. The summed E-state index contributed by atoms with van der Waals surface area (Å²) in [6, 6.07) is 1.94. The highest BCUT2D eigenvalue weighted by Gasteiger charge is 2.28. The molecule has 2 fully saturated rings. The lowest BCUT2D eigenvalue weighted by atomic mass is 10.1. The van der Waals surface area contributed by atoms with Crippen LogP contribution in [0.2, 0.25) is 0 Å². The molecular weight excluding hydrogens is 316 g/mol. The van der Waals surface area contributed by atoms with E-state index in [0.717, 1.165) is 36.2 Å². The van der Waals surface area contributed by atoms with Gasteiger partial charge in [0.1, 0.15) is 0 Å². The van der Waals surface area contributed by atoms with Crippen LogP contribution < -0.4 is 5.32 Å². The van der Waals surface area contributed by atoms with Crippen molar-refractivity contribution in [3.8, 4) is 0 Å². The number of nitrogens with zero attached hydrogens (tertiary/aromatic N) is 3. The van der Waals surface area contributed by atoms with Gasteiger partial charge in [0.25, 0.3) is 11.6 Å². The van der Waals surface area contributed by atoms with Gasteiger partial charge in [-0.05, 0) is 57.7 Å². The zero-order valence-corrected chi connectivity index (χ0v) is 15.0. The molecule has 1 saturated carbocycles.